The number of benzene rings is 1. The summed E-state index contributed by atoms with van der Waals surface area (Å²) in [6, 6.07) is 6.72. The number of carbonyl (C=O) groups excluding carboxylic acids is 1. The Morgan fingerprint density at radius 2 is 2.05 bits per heavy atom. The Bertz CT molecular complexity index is 466. The van der Waals surface area contributed by atoms with Crippen molar-refractivity contribution in [2.45, 2.75) is 45.1 Å². The summed E-state index contributed by atoms with van der Waals surface area (Å²) in [4.78, 5) is 13.1. The van der Waals surface area contributed by atoms with Crippen molar-refractivity contribution in [3.05, 3.63) is 34.9 Å². The van der Waals surface area contributed by atoms with Crippen molar-refractivity contribution >= 4 is 6.09 Å². The Morgan fingerprint density at radius 3 is 2.68 bits per heavy atom. The van der Waals surface area contributed by atoms with Gasteiger partial charge in [-0.2, -0.15) is 0 Å². The summed E-state index contributed by atoms with van der Waals surface area (Å²) in [7, 11) is 3.44. The van der Waals surface area contributed by atoms with Gasteiger partial charge in [-0.3, -0.25) is 0 Å². The average Bonchev–Trinajstić information content (AvgIpc) is 2.37. The summed E-state index contributed by atoms with van der Waals surface area (Å²) in [5.74, 6) is 0.537. The van der Waals surface area contributed by atoms with E-state index in [-0.39, 0.29) is 12.2 Å². The van der Waals surface area contributed by atoms with Gasteiger partial charge in [-0.05, 0) is 35.4 Å². The number of carbonyl (C=O) groups is 1. The molecule has 19 heavy (non-hydrogen) atoms. The van der Waals surface area contributed by atoms with Gasteiger partial charge < -0.3 is 9.64 Å². The van der Waals surface area contributed by atoms with Crippen LogP contribution in [0.2, 0.25) is 0 Å². The first-order valence-electron chi connectivity index (χ1n) is 6.97. The van der Waals surface area contributed by atoms with Gasteiger partial charge in [0.1, 0.15) is 6.10 Å². The maximum absolute atomic E-state index is 11.6. The molecule has 0 aliphatic heterocycles. The van der Waals surface area contributed by atoms with Crippen LogP contribution in [0, 0.1) is 0 Å². The van der Waals surface area contributed by atoms with Gasteiger partial charge in [-0.15, -0.1) is 0 Å². The smallest absolute Gasteiger partial charge is 0.409 e. The normalized spacial score (nSPS) is 18.1. The van der Waals surface area contributed by atoms with E-state index in [0.717, 1.165) is 19.3 Å². The van der Waals surface area contributed by atoms with Crippen LogP contribution in [0.15, 0.2) is 18.2 Å². The van der Waals surface area contributed by atoms with Gasteiger partial charge in [0.15, 0.2) is 0 Å². The molecule has 104 valence electrons. The molecule has 1 aromatic rings. The van der Waals surface area contributed by atoms with Crippen LogP contribution >= 0.6 is 0 Å². The van der Waals surface area contributed by atoms with Crippen molar-refractivity contribution in [1.29, 1.82) is 0 Å². The third kappa shape index (κ3) is 3.28. The maximum atomic E-state index is 11.6. The van der Waals surface area contributed by atoms with Crippen molar-refractivity contribution in [3.63, 3.8) is 0 Å². The molecule has 0 aromatic heterocycles. The molecule has 0 saturated carbocycles. The molecule has 0 spiro atoms. The Morgan fingerprint density at radius 1 is 1.32 bits per heavy atom. The second-order valence-electron chi connectivity index (χ2n) is 5.83. The molecule has 0 fully saturated rings. The lowest BCUT2D eigenvalue weighted by Crippen LogP contribution is -2.31. The molecule has 1 aromatic carbocycles. The number of amides is 1. The molecule has 0 N–H and O–H groups in total. The zero-order valence-corrected chi connectivity index (χ0v) is 12.3. The molecule has 1 unspecified atom stereocenters. The van der Waals surface area contributed by atoms with E-state index < -0.39 is 0 Å². The molecule has 2 rings (SSSR count). The molecule has 0 heterocycles. The monoisotopic (exact) mass is 261 g/mol. The minimum atomic E-state index is -0.242. The van der Waals surface area contributed by atoms with E-state index in [4.69, 9.17) is 4.74 Å². The molecule has 0 bridgehead atoms. The third-order valence-electron chi connectivity index (χ3n) is 3.71. The Hall–Kier alpha value is -1.51. The van der Waals surface area contributed by atoms with Gasteiger partial charge >= 0.3 is 6.09 Å². The van der Waals surface area contributed by atoms with Crippen LogP contribution in [0.3, 0.4) is 0 Å². The predicted molar refractivity (Wildman–Crippen MR) is 76.5 cm³/mol. The SMILES string of the molecule is CC(C)c1ccc2c(c1)CC(OC(=O)N(C)C)CC2. The first kappa shape index (κ1) is 13.9. The van der Waals surface area contributed by atoms with Gasteiger partial charge in [0.05, 0.1) is 0 Å². The number of hydrogen-bond donors (Lipinski definition) is 0. The van der Waals surface area contributed by atoms with Crippen molar-refractivity contribution in [3.8, 4) is 0 Å². The van der Waals surface area contributed by atoms with E-state index in [1.54, 1.807) is 14.1 Å². The number of aryl methyl sites for hydroxylation is 1. The average molecular weight is 261 g/mol. The van der Waals surface area contributed by atoms with Crippen LogP contribution in [0.4, 0.5) is 4.79 Å². The number of ether oxygens (including phenoxy) is 1. The van der Waals surface area contributed by atoms with Crippen LogP contribution in [0.5, 0.6) is 0 Å². The van der Waals surface area contributed by atoms with Crippen molar-refractivity contribution < 1.29 is 9.53 Å². The fraction of sp³-hybridized carbons (Fsp3) is 0.562. The summed E-state index contributed by atoms with van der Waals surface area (Å²) >= 11 is 0. The quantitative estimate of drug-likeness (QED) is 0.817. The highest BCUT2D eigenvalue weighted by Gasteiger charge is 2.23. The van der Waals surface area contributed by atoms with E-state index >= 15 is 0 Å². The highest BCUT2D eigenvalue weighted by molar-refractivity contribution is 5.67. The summed E-state index contributed by atoms with van der Waals surface area (Å²) < 4.78 is 5.50. The minimum absolute atomic E-state index is 0.0183. The zero-order valence-electron chi connectivity index (χ0n) is 12.3. The van der Waals surface area contributed by atoms with Gasteiger partial charge in [-0.25, -0.2) is 4.79 Å². The van der Waals surface area contributed by atoms with E-state index in [2.05, 4.69) is 32.0 Å². The van der Waals surface area contributed by atoms with E-state index in [9.17, 15) is 4.79 Å². The number of rotatable bonds is 2. The summed E-state index contributed by atoms with van der Waals surface area (Å²) in [5.41, 5.74) is 4.11. The first-order chi connectivity index (χ1) is 8.97. The number of nitrogens with zero attached hydrogens (tertiary/aromatic N) is 1. The lowest BCUT2D eigenvalue weighted by Gasteiger charge is -2.26. The Labute approximate surface area is 115 Å². The van der Waals surface area contributed by atoms with Gasteiger partial charge in [0, 0.05) is 20.5 Å². The third-order valence-corrected chi connectivity index (χ3v) is 3.71. The van der Waals surface area contributed by atoms with Crippen molar-refractivity contribution in [2.24, 2.45) is 0 Å². The molecule has 1 aliphatic rings. The Kier molecular flexibility index (Phi) is 4.13. The van der Waals surface area contributed by atoms with Crippen molar-refractivity contribution in [1.82, 2.24) is 4.90 Å². The molecule has 3 heteroatoms. The lowest BCUT2D eigenvalue weighted by atomic mass is 9.87. The van der Waals surface area contributed by atoms with E-state index in [1.165, 1.54) is 21.6 Å². The Balaban J connectivity index is 2.09. The fourth-order valence-electron chi connectivity index (χ4n) is 2.45. The molecule has 0 saturated heterocycles. The van der Waals surface area contributed by atoms with E-state index in [0.29, 0.717) is 5.92 Å². The highest BCUT2D eigenvalue weighted by Crippen LogP contribution is 2.27. The molecule has 0 radical (unpaired) electrons. The molecule has 1 atom stereocenters. The minimum Gasteiger partial charge on any atom is -0.446 e. The van der Waals surface area contributed by atoms with Crippen LogP contribution in [-0.4, -0.2) is 31.2 Å². The predicted octanol–water partition coefficient (Wildman–Crippen LogP) is 3.37. The molecule has 1 aliphatic carbocycles. The number of hydrogen-bond acceptors (Lipinski definition) is 2. The first-order valence-corrected chi connectivity index (χ1v) is 6.97. The van der Waals surface area contributed by atoms with Crippen LogP contribution in [0.25, 0.3) is 0 Å². The summed E-state index contributed by atoms with van der Waals surface area (Å²) in [6.45, 7) is 4.40. The van der Waals surface area contributed by atoms with Gasteiger partial charge in [0.2, 0.25) is 0 Å². The van der Waals surface area contributed by atoms with Gasteiger partial charge in [0.25, 0.3) is 0 Å². The summed E-state index contributed by atoms with van der Waals surface area (Å²) in [5, 5.41) is 0. The molecular formula is C16H23NO2. The summed E-state index contributed by atoms with van der Waals surface area (Å²) in [6.07, 6.45) is 2.54. The number of fused-ring (bicyclic) bond motifs is 1. The van der Waals surface area contributed by atoms with Crippen LogP contribution < -0.4 is 0 Å². The second kappa shape index (κ2) is 5.64. The van der Waals surface area contributed by atoms with Gasteiger partial charge in [-0.1, -0.05) is 32.0 Å². The maximum Gasteiger partial charge on any atom is 0.409 e. The van der Waals surface area contributed by atoms with Crippen LogP contribution in [0.1, 0.15) is 42.9 Å². The topological polar surface area (TPSA) is 29.5 Å². The molecule has 3 nitrogen and oxygen atoms in total. The second-order valence-corrected chi connectivity index (χ2v) is 5.83. The standard InChI is InChI=1S/C16H23NO2/c1-11(2)13-6-5-12-7-8-15(10-14(12)9-13)19-16(18)17(3)4/h5-6,9,11,15H,7-8,10H2,1-4H3. The molecular weight excluding hydrogens is 238 g/mol. The largest absolute Gasteiger partial charge is 0.446 e. The fourth-order valence-corrected chi connectivity index (χ4v) is 2.45. The van der Waals surface area contributed by atoms with Crippen LogP contribution in [-0.2, 0) is 17.6 Å². The zero-order chi connectivity index (χ0) is 14.0. The van der Waals surface area contributed by atoms with Crippen molar-refractivity contribution in [2.75, 3.05) is 14.1 Å². The molecule has 1 amide bonds. The van der Waals surface area contributed by atoms with E-state index in [1.807, 2.05) is 0 Å². The highest BCUT2D eigenvalue weighted by atomic mass is 16.6. The lowest BCUT2D eigenvalue weighted by molar-refractivity contribution is 0.0679.